The molecule has 1 spiro atoms. The van der Waals surface area contributed by atoms with E-state index in [4.69, 9.17) is 0 Å². The van der Waals surface area contributed by atoms with E-state index in [9.17, 15) is 9.90 Å². The van der Waals surface area contributed by atoms with Crippen molar-refractivity contribution in [3.63, 3.8) is 0 Å². The fraction of sp³-hybridized carbons (Fsp3) is 0.480. The van der Waals surface area contributed by atoms with Crippen LogP contribution in [0.3, 0.4) is 0 Å². The number of carbonyl (C=O) groups is 1. The molecule has 10 aliphatic rings. The summed E-state index contributed by atoms with van der Waals surface area (Å²) in [4.78, 5) is 21.4. The Morgan fingerprint density at radius 2 is 1.36 bits per heavy atom. The molecule has 142 valence electrons. The SMILES string of the molecule is CC(O)(c1ccccc1)[C]12[CH]3[CH]4[CH]5[CH]1[Fe]45321678[CH]2[CH]1[CH]6[C]7(C(=O)c1ccccc1)[CH]28. The van der Waals surface area contributed by atoms with Gasteiger partial charge >= 0.3 is 154 Å². The van der Waals surface area contributed by atoms with Crippen LogP contribution in [0.15, 0.2) is 60.7 Å². The van der Waals surface area contributed by atoms with Crippen LogP contribution in [-0.4, -0.2) is 10.9 Å². The van der Waals surface area contributed by atoms with Crippen LogP contribution >= 0.6 is 0 Å². The molecule has 2 aromatic rings. The van der Waals surface area contributed by atoms with Gasteiger partial charge in [-0.2, -0.15) is 0 Å². The molecule has 28 heavy (non-hydrogen) atoms. The molecule has 10 heterocycles. The Kier molecular flexibility index (Phi) is 0.622. The summed E-state index contributed by atoms with van der Waals surface area (Å²) in [6.45, 7) is -1.92. The Morgan fingerprint density at radius 3 is 1.86 bits per heavy atom. The van der Waals surface area contributed by atoms with E-state index < -0.39 is 12.1 Å². The molecule has 0 radical (unpaired) electrons. The van der Waals surface area contributed by atoms with Gasteiger partial charge in [-0.25, -0.2) is 0 Å². The van der Waals surface area contributed by atoms with Crippen LogP contribution in [0.2, 0.25) is 47.2 Å². The first-order valence-corrected chi connectivity index (χ1v) is 17.1. The molecule has 0 saturated carbocycles. The van der Waals surface area contributed by atoms with Crippen LogP contribution in [0, 0.1) is 0 Å². The van der Waals surface area contributed by atoms with Crippen molar-refractivity contribution in [1.82, 2.24) is 0 Å². The van der Waals surface area contributed by atoms with Gasteiger partial charge < -0.3 is 0 Å². The predicted octanol–water partition coefficient (Wildman–Crippen LogP) is 5.91. The van der Waals surface area contributed by atoms with Gasteiger partial charge in [-0.1, -0.05) is 0 Å². The second-order valence-corrected chi connectivity index (χ2v) is 37.1. The third-order valence-electron chi connectivity index (χ3n) is 18.3. The van der Waals surface area contributed by atoms with Crippen LogP contribution in [0.4, 0.5) is 0 Å². The van der Waals surface area contributed by atoms with Gasteiger partial charge in [-0.3, -0.25) is 0 Å². The van der Waals surface area contributed by atoms with Crippen LogP contribution in [0.1, 0.15) is 22.8 Å². The average molecular weight is 410 g/mol. The summed E-state index contributed by atoms with van der Waals surface area (Å²) in [5.74, 6) is 0.544. The van der Waals surface area contributed by atoms with Crippen molar-refractivity contribution < 1.29 is 16.4 Å². The first-order chi connectivity index (χ1) is 13.3. The van der Waals surface area contributed by atoms with Gasteiger partial charge in [0.1, 0.15) is 0 Å². The first kappa shape index (κ1) is 12.3. The van der Waals surface area contributed by atoms with Gasteiger partial charge in [0.15, 0.2) is 0 Å². The standard InChI is InChI=1S/C13H13O.C12H9O.Fe/c1-13(14,12-9-5-6-10-12)11-7-3-2-4-8-11;13-12(11-8-4-5-9-11)10-6-2-1-3-7-10;/h2-10,14H,1H3;1-9H;. The summed E-state index contributed by atoms with van der Waals surface area (Å²) in [6.07, 6.45) is 0. The number of hydrogen-bond acceptors (Lipinski definition) is 2. The molecule has 3 heteroatoms. The molecule has 10 saturated heterocycles. The molecule has 10 fully saturated rings. The molecule has 12 rings (SSSR count). The van der Waals surface area contributed by atoms with E-state index in [-0.39, 0.29) is 8.63 Å². The van der Waals surface area contributed by atoms with E-state index in [2.05, 4.69) is 49.4 Å². The quantitative estimate of drug-likeness (QED) is 0.503. The number of carbonyl (C=O) groups excluding carboxylic acids is 1. The van der Waals surface area contributed by atoms with Crippen molar-refractivity contribution in [3.05, 3.63) is 71.8 Å². The van der Waals surface area contributed by atoms with Crippen molar-refractivity contribution in [2.24, 2.45) is 0 Å². The van der Waals surface area contributed by atoms with E-state index in [1.54, 1.807) is 0 Å². The number of Topliss-reactive ketones (excluding diaryl/α,β-unsaturated/α-hetero) is 1. The van der Waals surface area contributed by atoms with Crippen LogP contribution in [-0.2, 0) is 12.1 Å². The van der Waals surface area contributed by atoms with Gasteiger partial charge in [0.2, 0.25) is 0 Å². The summed E-state index contributed by atoms with van der Waals surface area (Å²) < 4.78 is 0.307. The normalized spacial score (nSPS) is 81.6. The Morgan fingerprint density at radius 1 is 0.857 bits per heavy atom. The summed E-state index contributed by atoms with van der Waals surface area (Å²) in [5, 5.41) is 12.3. The molecule has 0 amide bonds. The van der Waals surface area contributed by atoms with Crippen molar-refractivity contribution in [3.8, 4) is 0 Å². The molecular weight excluding hydrogens is 388 g/mol. The van der Waals surface area contributed by atoms with Gasteiger partial charge in [-0.05, 0) is 0 Å². The van der Waals surface area contributed by atoms with Gasteiger partial charge in [-0.15, -0.1) is 0 Å². The Hall–Kier alpha value is -1.41. The average Bonchev–Trinajstić information content (AvgIpc) is 3.68. The van der Waals surface area contributed by atoms with Crippen LogP contribution in [0.25, 0.3) is 0 Å². The van der Waals surface area contributed by atoms with Crippen LogP contribution < -0.4 is 0 Å². The molecule has 0 bridgehead atoms. The molecule has 9 atom stereocenters. The number of benzene rings is 2. The summed E-state index contributed by atoms with van der Waals surface area (Å²) in [7, 11) is 0. The molecule has 2 aromatic carbocycles. The Balaban J connectivity index is 1.24. The number of aliphatic hydroxyl groups is 1. The molecule has 2 nitrogen and oxygen atoms in total. The summed E-state index contributed by atoms with van der Waals surface area (Å²) in [6, 6.07) is 20.7. The molecule has 1 N–H and O–H groups in total. The number of rotatable bonds is 4. The number of ketones is 1. The third kappa shape index (κ3) is 0.194. The third-order valence-corrected chi connectivity index (χ3v) is 61.2. The molecule has 0 aromatic heterocycles. The maximum absolute atomic E-state index is 14.2. The zero-order valence-corrected chi connectivity index (χ0v) is 16.7. The van der Waals surface area contributed by atoms with Gasteiger partial charge in [0.25, 0.3) is 0 Å². The van der Waals surface area contributed by atoms with E-state index in [0.717, 1.165) is 49.7 Å². The van der Waals surface area contributed by atoms with Gasteiger partial charge in [0, 0.05) is 0 Å². The topological polar surface area (TPSA) is 37.3 Å². The monoisotopic (exact) mass is 410 g/mol. The van der Waals surface area contributed by atoms with Crippen molar-refractivity contribution in [1.29, 1.82) is 0 Å². The van der Waals surface area contributed by atoms with E-state index in [1.165, 1.54) is 0 Å². The number of hydrogen-bond donors (Lipinski definition) is 1. The zero-order valence-electron chi connectivity index (χ0n) is 15.6. The molecule has 0 aliphatic carbocycles. The van der Waals surface area contributed by atoms with Crippen molar-refractivity contribution in [2.45, 2.75) is 59.7 Å². The van der Waals surface area contributed by atoms with Crippen LogP contribution in [0.5, 0.6) is 0 Å². The van der Waals surface area contributed by atoms with E-state index in [1.807, 2.05) is 18.2 Å². The Bertz CT molecular complexity index is 1650. The zero-order chi connectivity index (χ0) is 18.2. The number of fused-ring (bicyclic) bond motifs is 10. The second-order valence-electron chi connectivity index (χ2n) is 13.9. The Labute approximate surface area is 153 Å². The first-order valence-electron chi connectivity index (χ1n) is 10.9. The molecule has 9 unspecified atom stereocenters. The van der Waals surface area contributed by atoms with Gasteiger partial charge in [0.05, 0.1) is 0 Å². The summed E-state index contributed by atoms with van der Waals surface area (Å²) in [5.41, 5.74) is 1.39. The van der Waals surface area contributed by atoms with Crippen molar-refractivity contribution in [2.75, 3.05) is 0 Å². The molecule has 10 aliphatic heterocycles. The minimum atomic E-state index is -4.08. The molecular formula is C25H22FeO2. The van der Waals surface area contributed by atoms with E-state index >= 15 is 0 Å². The van der Waals surface area contributed by atoms with Crippen molar-refractivity contribution >= 4 is 5.78 Å². The fourth-order valence-corrected chi connectivity index (χ4v) is 97.5. The second kappa shape index (κ2) is 1.41. The maximum atomic E-state index is 14.2. The predicted molar refractivity (Wildman–Crippen MR) is 102 cm³/mol. The summed E-state index contributed by atoms with van der Waals surface area (Å²) >= 11 is 0. The minimum absolute atomic E-state index is 0.106. The van der Waals surface area contributed by atoms with E-state index in [0.29, 0.717) is 5.78 Å². The fourth-order valence-electron chi connectivity index (χ4n) is 20.3.